The highest BCUT2D eigenvalue weighted by molar-refractivity contribution is 5.70. The molecule has 7 nitrogen and oxygen atoms in total. The molecule has 0 radical (unpaired) electrons. The Balaban J connectivity index is 4.77. The number of unbranched alkanes of at least 4 members (excludes halogenated alkanes) is 11. The van der Waals surface area contributed by atoms with Crippen LogP contribution in [0, 0.1) is 17.8 Å². The van der Waals surface area contributed by atoms with Gasteiger partial charge in [-0.2, -0.15) is 0 Å². The Kier molecular flexibility index (Phi) is 18.3. The first-order valence-corrected chi connectivity index (χ1v) is 13.7. The van der Waals surface area contributed by atoms with Crippen molar-refractivity contribution in [2.45, 2.75) is 105 Å². The number of hydrogen-bond acceptors (Lipinski definition) is 3. The van der Waals surface area contributed by atoms with Crippen LogP contribution < -0.4 is 0 Å². The lowest BCUT2D eigenvalue weighted by atomic mass is 10.0. The van der Waals surface area contributed by atoms with E-state index < -0.39 is 35.7 Å². The number of nitrogens with zero attached hydrogens (tertiary/aromatic N) is 1. The summed E-state index contributed by atoms with van der Waals surface area (Å²) in [5.41, 5.74) is 0. The van der Waals surface area contributed by atoms with Crippen LogP contribution in [-0.4, -0.2) is 63.9 Å². The van der Waals surface area contributed by atoms with Gasteiger partial charge >= 0.3 is 17.9 Å². The Morgan fingerprint density at radius 2 is 0.943 bits per heavy atom. The molecule has 0 aromatic heterocycles. The van der Waals surface area contributed by atoms with Gasteiger partial charge < -0.3 is 19.8 Å². The van der Waals surface area contributed by atoms with E-state index in [4.69, 9.17) is 0 Å². The Morgan fingerprint density at radius 3 is 1.29 bits per heavy atom. The molecule has 7 heteroatoms. The summed E-state index contributed by atoms with van der Waals surface area (Å²) in [5, 5.41) is 28.4. The smallest absolute Gasteiger partial charge is 0.311 e. The molecule has 35 heavy (non-hydrogen) atoms. The molecule has 0 saturated carbocycles. The summed E-state index contributed by atoms with van der Waals surface area (Å²) in [5.74, 6) is -4.96. The number of allylic oxidation sites excluding steroid dienone is 1. The fourth-order valence-electron chi connectivity index (χ4n) is 4.77. The number of quaternary nitrogens is 1. The molecule has 0 rings (SSSR count). The minimum atomic E-state index is -0.955. The van der Waals surface area contributed by atoms with Crippen molar-refractivity contribution in [2.24, 2.45) is 17.8 Å². The Bertz CT molecular complexity index is 578. The van der Waals surface area contributed by atoms with Gasteiger partial charge in [-0.1, -0.05) is 77.2 Å². The minimum absolute atomic E-state index is 0.142. The molecule has 0 heterocycles. The molecule has 0 spiro atoms. The molecule has 3 atom stereocenters. The molecule has 0 bridgehead atoms. The highest BCUT2D eigenvalue weighted by atomic mass is 16.4. The largest absolute Gasteiger partial charge is 0.481 e. The summed E-state index contributed by atoms with van der Waals surface area (Å²) in [6.07, 6.45) is 19.2. The van der Waals surface area contributed by atoms with Crippen LogP contribution in [-0.2, 0) is 14.4 Å². The third-order valence-electron chi connectivity index (χ3n) is 6.88. The first kappa shape index (κ1) is 33.1. The van der Waals surface area contributed by atoms with Gasteiger partial charge in [0, 0.05) is 0 Å². The summed E-state index contributed by atoms with van der Waals surface area (Å²) in [6.45, 7) is 8.08. The van der Waals surface area contributed by atoms with Gasteiger partial charge in [-0.25, -0.2) is 0 Å². The van der Waals surface area contributed by atoms with E-state index in [1.807, 2.05) is 6.08 Å². The van der Waals surface area contributed by atoms with Crippen LogP contribution in [0.1, 0.15) is 105 Å². The maximum Gasteiger partial charge on any atom is 0.311 e. The van der Waals surface area contributed by atoms with Crippen LogP contribution in [0.5, 0.6) is 0 Å². The number of hydrogen-bond donors (Lipinski definition) is 3. The van der Waals surface area contributed by atoms with E-state index in [2.05, 4.69) is 13.0 Å². The van der Waals surface area contributed by atoms with Gasteiger partial charge in [0.25, 0.3) is 0 Å². The summed E-state index contributed by atoms with van der Waals surface area (Å²) in [4.78, 5) is 34.7. The highest BCUT2D eigenvalue weighted by Crippen LogP contribution is 2.20. The predicted molar refractivity (Wildman–Crippen MR) is 140 cm³/mol. The fraction of sp³-hybridized carbons (Fsp3) is 0.821. The van der Waals surface area contributed by atoms with Crippen molar-refractivity contribution < 1.29 is 34.2 Å². The average Bonchev–Trinajstić information content (AvgIpc) is 2.78. The molecule has 0 aromatic rings. The third kappa shape index (κ3) is 16.4. The Morgan fingerprint density at radius 1 is 0.600 bits per heavy atom. The molecule has 0 aliphatic carbocycles. The quantitative estimate of drug-likeness (QED) is 0.0875. The van der Waals surface area contributed by atoms with Crippen molar-refractivity contribution in [3.63, 3.8) is 0 Å². The molecule has 0 aliphatic rings. The van der Waals surface area contributed by atoms with Crippen LogP contribution in [0.3, 0.4) is 0 Å². The number of carboxylic acids is 3. The Hall–Kier alpha value is -1.89. The van der Waals surface area contributed by atoms with E-state index in [0.717, 1.165) is 12.8 Å². The standard InChI is InChI=1S/C28H51NO6/c1-5-6-7-8-9-10-11-12-13-14-15-16-17-18-19-29(20-23(2)26(30)31,21-24(3)27(32)33)22-25(4)28(34)35/h17-18,23-25H,5-16,19-22H2,1-4H3,(H2-,30,31,32,33,34,35)/p+1/b18-17+. The van der Waals surface area contributed by atoms with Crippen LogP contribution in [0.4, 0.5) is 0 Å². The molecular weight excluding hydrogens is 446 g/mol. The second kappa shape index (κ2) is 19.3. The number of carboxylic acid groups (broad SMARTS) is 3. The van der Waals surface area contributed by atoms with E-state index in [1.54, 1.807) is 20.8 Å². The second-order valence-electron chi connectivity index (χ2n) is 10.6. The van der Waals surface area contributed by atoms with Gasteiger partial charge in [-0.3, -0.25) is 14.4 Å². The molecule has 3 N–H and O–H groups in total. The maximum absolute atomic E-state index is 11.6. The van der Waals surface area contributed by atoms with E-state index in [0.29, 0.717) is 6.54 Å². The molecule has 204 valence electrons. The Labute approximate surface area is 213 Å². The van der Waals surface area contributed by atoms with Crippen LogP contribution in [0.15, 0.2) is 12.2 Å². The third-order valence-corrected chi connectivity index (χ3v) is 6.88. The number of carbonyl (C=O) groups is 3. The number of rotatable bonds is 23. The average molecular weight is 499 g/mol. The molecule has 0 amide bonds. The first-order chi connectivity index (χ1) is 16.5. The zero-order chi connectivity index (χ0) is 26.7. The lowest BCUT2D eigenvalue weighted by molar-refractivity contribution is -0.928. The second-order valence-corrected chi connectivity index (χ2v) is 10.6. The van der Waals surface area contributed by atoms with E-state index in [1.165, 1.54) is 64.2 Å². The fourth-order valence-corrected chi connectivity index (χ4v) is 4.77. The lowest BCUT2D eigenvalue weighted by Crippen LogP contribution is -2.57. The topological polar surface area (TPSA) is 112 Å². The molecule has 0 saturated heterocycles. The van der Waals surface area contributed by atoms with Crippen LogP contribution in [0.25, 0.3) is 0 Å². The van der Waals surface area contributed by atoms with E-state index in [-0.39, 0.29) is 24.1 Å². The van der Waals surface area contributed by atoms with Gasteiger partial charge in [0.1, 0.15) is 17.8 Å². The van der Waals surface area contributed by atoms with Gasteiger partial charge in [-0.05, 0) is 39.7 Å². The van der Waals surface area contributed by atoms with Crippen LogP contribution >= 0.6 is 0 Å². The van der Waals surface area contributed by atoms with Gasteiger partial charge in [0.05, 0.1) is 26.2 Å². The first-order valence-electron chi connectivity index (χ1n) is 13.7. The molecular formula is C28H52NO6+. The summed E-state index contributed by atoms with van der Waals surface area (Å²) < 4.78 is 0.142. The molecule has 0 fully saturated rings. The molecule has 0 aliphatic heterocycles. The zero-order valence-electron chi connectivity index (χ0n) is 22.7. The lowest BCUT2D eigenvalue weighted by Gasteiger charge is -2.41. The number of aliphatic carboxylic acids is 3. The van der Waals surface area contributed by atoms with E-state index >= 15 is 0 Å². The van der Waals surface area contributed by atoms with Gasteiger partial charge in [0.2, 0.25) is 0 Å². The monoisotopic (exact) mass is 498 g/mol. The van der Waals surface area contributed by atoms with Crippen molar-refractivity contribution in [1.29, 1.82) is 0 Å². The van der Waals surface area contributed by atoms with Crippen molar-refractivity contribution >= 4 is 17.9 Å². The molecule has 3 unspecified atom stereocenters. The predicted octanol–water partition coefficient (Wildman–Crippen LogP) is 6.22. The summed E-state index contributed by atoms with van der Waals surface area (Å²) >= 11 is 0. The summed E-state index contributed by atoms with van der Waals surface area (Å²) in [6, 6.07) is 0. The van der Waals surface area contributed by atoms with Gasteiger partial charge in [-0.15, -0.1) is 0 Å². The van der Waals surface area contributed by atoms with Crippen molar-refractivity contribution in [2.75, 3.05) is 26.2 Å². The van der Waals surface area contributed by atoms with Gasteiger partial charge in [0.15, 0.2) is 0 Å². The maximum atomic E-state index is 11.6. The highest BCUT2D eigenvalue weighted by Gasteiger charge is 2.37. The minimum Gasteiger partial charge on any atom is -0.481 e. The zero-order valence-corrected chi connectivity index (χ0v) is 22.7. The SMILES string of the molecule is CCCCCCCCCCCCC/C=C/C[N+](CC(C)C(=O)O)(CC(C)C(=O)O)CC(C)C(=O)O. The van der Waals surface area contributed by atoms with Crippen molar-refractivity contribution in [1.82, 2.24) is 0 Å². The van der Waals surface area contributed by atoms with Crippen molar-refractivity contribution in [3.05, 3.63) is 12.2 Å². The van der Waals surface area contributed by atoms with Crippen molar-refractivity contribution in [3.8, 4) is 0 Å². The van der Waals surface area contributed by atoms with E-state index in [9.17, 15) is 29.7 Å². The summed E-state index contributed by atoms with van der Waals surface area (Å²) in [7, 11) is 0. The molecule has 0 aromatic carbocycles. The van der Waals surface area contributed by atoms with Crippen LogP contribution in [0.2, 0.25) is 0 Å². The normalized spacial score (nSPS) is 16.0.